The van der Waals surface area contributed by atoms with E-state index in [4.69, 9.17) is 9.15 Å². The Hall–Kier alpha value is -1.33. The number of rotatable bonds is 7. The molecule has 1 spiro atoms. The molecule has 0 radical (unpaired) electrons. The Morgan fingerprint density at radius 2 is 2.08 bits per heavy atom. The largest absolute Gasteiger partial charge is 0.465 e. The molecule has 0 bridgehead atoms. The average Bonchev–Trinajstić information content (AvgIpc) is 3.04. The van der Waals surface area contributed by atoms with Gasteiger partial charge in [0, 0.05) is 45.0 Å². The molecule has 2 aliphatic heterocycles. The Kier molecular flexibility index (Phi) is 6.18. The number of amides is 1. The van der Waals surface area contributed by atoms with E-state index >= 15 is 0 Å². The highest BCUT2D eigenvalue weighted by Gasteiger charge is 2.41. The number of carbonyl (C=O) groups excluding carboxylic acids is 1. The number of piperidine rings is 2. The van der Waals surface area contributed by atoms with Crippen LogP contribution >= 0.6 is 0 Å². The number of aryl methyl sites for hydroxylation is 1. The van der Waals surface area contributed by atoms with E-state index in [0.29, 0.717) is 13.0 Å². The molecule has 0 aliphatic carbocycles. The molecule has 5 heteroatoms. The Labute approximate surface area is 151 Å². The normalized spacial score (nSPS) is 25.0. The van der Waals surface area contributed by atoms with Crippen molar-refractivity contribution in [2.45, 2.75) is 52.0 Å². The van der Waals surface area contributed by atoms with Gasteiger partial charge in [0.25, 0.3) is 0 Å². The number of ether oxygens (including phenoxy) is 1. The third-order valence-corrected chi connectivity index (χ3v) is 5.65. The number of hydrogen-bond donors (Lipinski definition) is 0. The number of carbonyl (C=O) groups is 1. The van der Waals surface area contributed by atoms with Crippen LogP contribution in [0.1, 0.15) is 50.5 Å². The lowest BCUT2D eigenvalue weighted by molar-refractivity contribution is -0.140. The van der Waals surface area contributed by atoms with Crippen LogP contribution in [0.3, 0.4) is 0 Å². The molecule has 1 aromatic heterocycles. The number of methoxy groups -OCH3 is 1. The fraction of sp³-hybridized carbons (Fsp3) is 0.750. The van der Waals surface area contributed by atoms with Gasteiger partial charge in [-0.15, -0.1) is 0 Å². The van der Waals surface area contributed by atoms with Crippen LogP contribution < -0.4 is 0 Å². The molecule has 0 N–H and O–H groups in total. The van der Waals surface area contributed by atoms with Crippen LogP contribution in [0.4, 0.5) is 0 Å². The highest BCUT2D eigenvalue weighted by atomic mass is 16.5. The summed E-state index contributed by atoms with van der Waals surface area (Å²) in [5.74, 6) is 2.46. The predicted molar refractivity (Wildman–Crippen MR) is 97.3 cm³/mol. The Balaban J connectivity index is 1.60. The first kappa shape index (κ1) is 18.5. The third kappa shape index (κ3) is 4.64. The van der Waals surface area contributed by atoms with E-state index in [0.717, 1.165) is 63.5 Å². The molecule has 140 valence electrons. The lowest BCUT2D eigenvalue weighted by Gasteiger charge is -2.48. The summed E-state index contributed by atoms with van der Waals surface area (Å²) in [5.41, 5.74) is 0.249. The van der Waals surface area contributed by atoms with E-state index in [2.05, 4.69) is 24.0 Å². The summed E-state index contributed by atoms with van der Waals surface area (Å²) < 4.78 is 11.1. The van der Waals surface area contributed by atoms with E-state index in [-0.39, 0.29) is 11.3 Å². The van der Waals surface area contributed by atoms with E-state index in [9.17, 15) is 4.79 Å². The molecule has 3 heterocycles. The minimum Gasteiger partial charge on any atom is -0.465 e. The lowest BCUT2D eigenvalue weighted by atomic mass is 9.73. The topological polar surface area (TPSA) is 45.9 Å². The average molecular weight is 348 g/mol. The molecular weight excluding hydrogens is 316 g/mol. The van der Waals surface area contributed by atoms with Gasteiger partial charge in [0.1, 0.15) is 11.5 Å². The summed E-state index contributed by atoms with van der Waals surface area (Å²) in [4.78, 5) is 16.7. The van der Waals surface area contributed by atoms with Gasteiger partial charge in [-0.3, -0.25) is 9.69 Å². The first-order valence-electron chi connectivity index (χ1n) is 9.71. The van der Waals surface area contributed by atoms with Gasteiger partial charge in [-0.1, -0.05) is 6.92 Å². The van der Waals surface area contributed by atoms with Crippen molar-refractivity contribution >= 4 is 5.91 Å². The molecule has 2 fully saturated rings. The molecular formula is C20H32N2O3. The minimum absolute atomic E-state index is 0.249. The number of nitrogens with zero attached hydrogens (tertiary/aromatic N) is 2. The zero-order valence-electron chi connectivity index (χ0n) is 15.8. The van der Waals surface area contributed by atoms with Crippen molar-refractivity contribution in [2.24, 2.45) is 5.41 Å². The highest BCUT2D eigenvalue weighted by Crippen LogP contribution is 2.39. The van der Waals surface area contributed by atoms with Gasteiger partial charge < -0.3 is 14.1 Å². The molecule has 2 aliphatic rings. The van der Waals surface area contributed by atoms with Gasteiger partial charge >= 0.3 is 0 Å². The minimum atomic E-state index is 0.249. The van der Waals surface area contributed by atoms with Gasteiger partial charge in [-0.2, -0.15) is 0 Å². The van der Waals surface area contributed by atoms with Crippen molar-refractivity contribution in [1.29, 1.82) is 0 Å². The quantitative estimate of drug-likeness (QED) is 0.760. The van der Waals surface area contributed by atoms with Crippen LogP contribution in [-0.4, -0.2) is 55.6 Å². The van der Waals surface area contributed by atoms with Gasteiger partial charge in [0.05, 0.1) is 13.2 Å². The van der Waals surface area contributed by atoms with Crippen molar-refractivity contribution in [3.05, 3.63) is 23.7 Å². The summed E-state index contributed by atoms with van der Waals surface area (Å²) in [6, 6.07) is 4.24. The van der Waals surface area contributed by atoms with Crippen molar-refractivity contribution in [1.82, 2.24) is 9.80 Å². The summed E-state index contributed by atoms with van der Waals surface area (Å²) in [5, 5.41) is 0. The molecule has 1 atom stereocenters. The second-order valence-corrected chi connectivity index (χ2v) is 7.74. The van der Waals surface area contributed by atoms with Crippen LogP contribution in [-0.2, 0) is 22.5 Å². The standard InChI is InChI=1S/C20H32N2O3/c1-3-5-17-6-7-18(25-17)14-21-11-4-9-20(15-21)10-8-19(23)22(16-20)12-13-24-2/h6-7H,3-5,8-16H2,1-2H3. The number of furan rings is 1. The van der Waals surface area contributed by atoms with Crippen LogP contribution in [0, 0.1) is 5.41 Å². The molecule has 2 saturated heterocycles. The van der Waals surface area contributed by atoms with Crippen molar-refractivity contribution in [3.8, 4) is 0 Å². The summed E-state index contributed by atoms with van der Waals surface area (Å²) in [6.45, 7) is 7.47. The highest BCUT2D eigenvalue weighted by molar-refractivity contribution is 5.77. The first-order valence-corrected chi connectivity index (χ1v) is 9.71. The molecule has 25 heavy (non-hydrogen) atoms. The van der Waals surface area contributed by atoms with Crippen molar-refractivity contribution in [3.63, 3.8) is 0 Å². The zero-order chi connectivity index (χ0) is 17.7. The lowest BCUT2D eigenvalue weighted by Crippen LogP contribution is -2.54. The SMILES string of the molecule is CCCc1ccc(CN2CCCC3(CCC(=O)N(CCOC)C3)C2)o1. The summed E-state index contributed by atoms with van der Waals surface area (Å²) in [7, 11) is 1.70. The van der Waals surface area contributed by atoms with Crippen LogP contribution in [0.5, 0.6) is 0 Å². The molecule has 1 amide bonds. The molecule has 3 rings (SSSR count). The maximum Gasteiger partial charge on any atom is 0.222 e. The van der Waals surface area contributed by atoms with Gasteiger partial charge in [-0.05, 0) is 44.4 Å². The zero-order valence-corrected chi connectivity index (χ0v) is 15.8. The third-order valence-electron chi connectivity index (χ3n) is 5.65. The monoisotopic (exact) mass is 348 g/mol. The fourth-order valence-electron chi connectivity index (χ4n) is 4.39. The maximum absolute atomic E-state index is 12.2. The smallest absolute Gasteiger partial charge is 0.222 e. The fourth-order valence-corrected chi connectivity index (χ4v) is 4.39. The number of likely N-dealkylation sites (tertiary alicyclic amines) is 2. The second kappa shape index (κ2) is 8.37. The maximum atomic E-state index is 12.2. The predicted octanol–water partition coefficient (Wildman–Crippen LogP) is 3.08. The van der Waals surface area contributed by atoms with Gasteiger partial charge in [0.15, 0.2) is 0 Å². The summed E-state index contributed by atoms with van der Waals surface area (Å²) >= 11 is 0. The Morgan fingerprint density at radius 1 is 1.24 bits per heavy atom. The molecule has 1 unspecified atom stereocenters. The van der Waals surface area contributed by atoms with Crippen LogP contribution in [0.15, 0.2) is 16.5 Å². The Morgan fingerprint density at radius 3 is 2.88 bits per heavy atom. The first-order chi connectivity index (χ1) is 12.1. The van der Waals surface area contributed by atoms with E-state index in [1.54, 1.807) is 7.11 Å². The van der Waals surface area contributed by atoms with Crippen LogP contribution in [0.2, 0.25) is 0 Å². The molecule has 5 nitrogen and oxygen atoms in total. The molecule has 0 saturated carbocycles. The Bertz CT molecular complexity index is 571. The van der Waals surface area contributed by atoms with E-state index in [1.165, 1.54) is 12.8 Å². The second-order valence-electron chi connectivity index (χ2n) is 7.74. The van der Waals surface area contributed by atoms with E-state index in [1.807, 2.05) is 4.90 Å². The van der Waals surface area contributed by atoms with Gasteiger partial charge in [-0.25, -0.2) is 0 Å². The van der Waals surface area contributed by atoms with Crippen molar-refractivity contribution in [2.75, 3.05) is 39.9 Å². The van der Waals surface area contributed by atoms with E-state index < -0.39 is 0 Å². The summed E-state index contributed by atoms with van der Waals surface area (Å²) in [6.07, 6.45) is 6.25. The van der Waals surface area contributed by atoms with Gasteiger partial charge in [0.2, 0.25) is 5.91 Å². The van der Waals surface area contributed by atoms with Crippen molar-refractivity contribution < 1.29 is 13.9 Å². The van der Waals surface area contributed by atoms with Crippen LogP contribution in [0.25, 0.3) is 0 Å². The molecule has 0 aromatic carbocycles. The number of hydrogen-bond acceptors (Lipinski definition) is 4. The molecule has 1 aromatic rings.